The number of carbonyl (C=O) groups is 1. The van der Waals surface area contributed by atoms with Crippen LogP contribution in [0.3, 0.4) is 0 Å². The van der Waals surface area contributed by atoms with Gasteiger partial charge >= 0.3 is 5.97 Å². The Morgan fingerprint density at radius 2 is 2.00 bits per heavy atom. The van der Waals surface area contributed by atoms with Crippen molar-refractivity contribution in [3.63, 3.8) is 0 Å². The average molecular weight is 358 g/mol. The van der Waals surface area contributed by atoms with Crippen LogP contribution in [0.15, 0.2) is 24.3 Å². The summed E-state index contributed by atoms with van der Waals surface area (Å²) in [5.74, 6) is -0.858. The van der Waals surface area contributed by atoms with Crippen LogP contribution in [0, 0.1) is 0 Å². The molecule has 0 bridgehead atoms. The summed E-state index contributed by atoms with van der Waals surface area (Å²) in [5.41, 5.74) is 6.71. The molecule has 1 rings (SSSR count). The summed E-state index contributed by atoms with van der Waals surface area (Å²) >= 11 is 0. The first kappa shape index (κ1) is 11.4. The molecule has 0 aromatic heterocycles. The molecule has 0 fully saturated rings. The molecule has 0 aliphatic rings. The number of benzene rings is 1. The van der Waals surface area contributed by atoms with E-state index in [0.717, 1.165) is 0 Å². The van der Waals surface area contributed by atoms with E-state index in [-0.39, 0.29) is 33.7 Å². The third-order valence-corrected chi connectivity index (χ3v) is 1.40. The maximum atomic E-state index is 10.3. The van der Waals surface area contributed by atoms with Crippen LogP contribution < -0.4 is 5.73 Å². The molecule has 12 heavy (non-hydrogen) atoms. The number of hydrogen-bond donors (Lipinski definition) is 2. The minimum Gasteiger partial charge on any atom is -0.481 e. The number of nitrogens with two attached hydrogens (primary N) is 1. The number of hydrogen-bond acceptors (Lipinski definition) is 2. The molecule has 0 saturated heterocycles. The van der Waals surface area contributed by atoms with Crippen molar-refractivity contribution >= 4 is 39.0 Å². The molecule has 4 heteroatoms. The second-order valence-electron chi connectivity index (χ2n) is 2.27. The molecular weight excluding hydrogens is 349 g/mol. The van der Waals surface area contributed by atoms with Gasteiger partial charge < -0.3 is 10.8 Å². The fraction of sp³-hybridized carbons (Fsp3) is 0.125. The summed E-state index contributed by atoms with van der Waals surface area (Å²) in [6, 6.07) is 6.96. The van der Waals surface area contributed by atoms with Crippen molar-refractivity contribution in [3.8, 4) is 0 Å². The second kappa shape index (κ2) is 5.13. The van der Waals surface area contributed by atoms with Gasteiger partial charge in [0.1, 0.15) is 0 Å². The maximum Gasteiger partial charge on any atom is 0.307 e. The molecule has 1 aromatic carbocycles. The van der Waals surface area contributed by atoms with Crippen molar-refractivity contribution in [2.75, 3.05) is 5.73 Å². The Bertz CT molecular complexity index is 276. The second-order valence-corrected chi connectivity index (χ2v) is 2.27. The number of carboxylic acid groups (broad SMARTS) is 1. The Morgan fingerprint density at radius 1 is 1.42 bits per heavy atom. The van der Waals surface area contributed by atoms with Crippen LogP contribution in [0.4, 0.5) is 5.69 Å². The van der Waals surface area contributed by atoms with E-state index in [1.807, 2.05) is 0 Å². The van der Waals surface area contributed by atoms with Gasteiger partial charge in [0.05, 0.1) is 6.42 Å². The Balaban J connectivity index is 0.00000121. The SMILES string of the molecule is Nc1ccccc1CC(=O)O.[Pb]. The van der Waals surface area contributed by atoms with Gasteiger partial charge in [0.15, 0.2) is 0 Å². The molecule has 3 nitrogen and oxygen atoms in total. The van der Waals surface area contributed by atoms with Crippen molar-refractivity contribution in [1.82, 2.24) is 0 Å². The smallest absolute Gasteiger partial charge is 0.307 e. The zero-order valence-electron chi connectivity index (χ0n) is 6.45. The molecule has 0 amide bonds. The molecule has 0 spiro atoms. The molecular formula is C8H9NO2Pb. The van der Waals surface area contributed by atoms with Gasteiger partial charge in [-0.2, -0.15) is 0 Å². The molecule has 0 unspecified atom stereocenters. The van der Waals surface area contributed by atoms with E-state index < -0.39 is 5.97 Å². The fourth-order valence-electron chi connectivity index (χ4n) is 0.858. The van der Waals surface area contributed by atoms with Gasteiger partial charge in [-0.3, -0.25) is 4.79 Å². The van der Waals surface area contributed by atoms with Crippen LogP contribution in [0.1, 0.15) is 5.56 Å². The summed E-state index contributed by atoms with van der Waals surface area (Å²) in [7, 11) is 0. The maximum absolute atomic E-state index is 10.3. The molecule has 1 aromatic rings. The molecule has 62 valence electrons. The van der Waals surface area contributed by atoms with E-state index in [9.17, 15) is 4.79 Å². The van der Waals surface area contributed by atoms with Gasteiger partial charge in [0, 0.05) is 33.0 Å². The molecule has 0 aliphatic heterocycles. The topological polar surface area (TPSA) is 63.3 Å². The quantitative estimate of drug-likeness (QED) is 0.598. The van der Waals surface area contributed by atoms with E-state index in [1.54, 1.807) is 24.3 Å². The molecule has 0 saturated carbocycles. The predicted molar refractivity (Wildman–Crippen MR) is 47.9 cm³/mol. The first-order valence-corrected chi connectivity index (χ1v) is 3.25. The zero-order chi connectivity index (χ0) is 8.27. The predicted octanol–water partition coefficient (Wildman–Crippen LogP) is 0.515. The number of nitrogen functional groups attached to an aromatic ring is 1. The number of anilines is 1. The fourth-order valence-corrected chi connectivity index (χ4v) is 0.858. The molecule has 0 atom stereocenters. The van der Waals surface area contributed by atoms with Crippen LogP contribution in [-0.2, 0) is 11.2 Å². The molecule has 4 radical (unpaired) electrons. The number of aliphatic carboxylic acids is 1. The summed E-state index contributed by atoms with van der Waals surface area (Å²) < 4.78 is 0. The van der Waals surface area contributed by atoms with Gasteiger partial charge in [-0.05, 0) is 11.6 Å². The largest absolute Gasteiger partial charge is 0.481 e. The summed E-state index contributed by atoms with van der Waals surface area (Å²) in [5, 5.41) is 8.44. The molecule has 0 aliphatic carbocycles. The third-order valence-electron chi connectivity index (χ3n) is 1.40. The van der Waals surface area contributed by atoms with Gasteiger partial charge in [0.25, 0.3) is 0 Å². The zero-order valence-corrected chi connectivity index (χ0v) is 10.3. The van der Waals surface area contributed by atoms with Crippen LogP contribution >= 0.6 is 0 Å². The van der Waals surface area contributed by atoms with Gasteiger partial charge in [-0.25, -0.2) is 0 Å². The van der Waals surface area contributed by atoms with E-state index >= 15 is 0 Å². The van der Waals surface area contributed by atoms with E-state index in [2.05, 4.69) is 0 Å². The first-order valence-electron chi connectivity index (χ1n) is 3.25. The average Bonchev–Trinajstić information content (AvgIpc) is 1.93. The first-order chi connectivity index (χ1) is 5.20. The summed E-state index contributed by atoms with van der Waals surface area (Å²) in [6.07, 6.45) is -0.00727. The van der Waals surface area contributed by atoms with Crippen molar-refractivity contribution in [3.05, 3.63) is 29.8 Å². The van der Waals surface area contributed by atoms with Crippen LogP contribution in [-0.4, -0.2) is 38.4 Å². The minimum absolute atomic E-state index is 0. The molecule has 3 N–H and O–H groups in total. The van der Waals surface area contributed by atoms with Crippen LogP contribution in [0.25, 0.3) is 0 Å². The monoisotopic (exact) mass is 359 g/mol. The standard InChI is InChI=1S/C8H9NO2.Pb/c9-7-4-2-1-3-6(7)5-8(10)11;/h1-4H,5,9H2,(H,10,11);. The van der Waals surface area contributed by atoms with Gasteiger partial charge in [0.2, 0.25) is 0 Å². The third kappa shape index (κ3) is 3.21. The van der Waals surface area contributed by atoms with Crippen LogP contribution in [0.2, 0.25) is 0 Å². The number of rotatable bonds is 2. The Labute approximate surface area is 90.7 Å². The summed E-state index contributed by atoms with van der Waals surface area (Å²) in [4.78, 5) is 10.3. The minimum atomic E-state index is -0.858. The van der Waals surface area contributed by atoms with Gasteiger partial charge in [-0.1, -0.05) is 18.2 Å². The normalized spacial score (nSPS) is 8.67. The number of carboxylic acids is 1. The van der Waals surface area contributed by atoms with Crippen molar-refractivity contribution in [2.45, 2.75) is 6.42 Å². The number of para-hydroxylation sites is 1. The Morgan fingerprint density at radius 3 is 2.50 bits per heavy atom. The van der Waals surface area contributed by atoms with E-state index in [0.29, 0.717) is 11.3 Å². The Kier molecular flexibility index (Phi) is 4.88. The molecule has 0 heterocycles. The van der Waals surface area contributed by atoms with Crippen LogP contribution in [0.5, 0.6) is 0 Å². The van der Waals surface area contributed by atoms with E-state index in [1.165, 1.54) is 0 Å². The van der Waals surface area contributed by atoms with Crippen molar-refractivity contribution in [2.24, 2.45) is 0 Å². The Hall–Kier alpha value is -0.588. The van der Waals surface area contributed by atoms with Crippen molar-refractivity contribution < 1.29 is 9.90 Å². The summed E-state index contributed by atoms with van der Waals surface area (Å²) in [6.45, 7) is 0. The van der Waals surface area contributed by atoms with Crippen molar-refractivity contribution in [1.29, 1.82) is 0 Å². The van der Waals surface area contributed by atoms with E-state index in [4.69, 9.17) is 10.8 Å². The van der Waals surface area contributed by atoms with Gasteiger partial charge in [-0.15, -0.1) is 0 Å².